The SMILES string of the molecule is ClC1(Cl)C[C@@H]1CSc1nnc(-c2ccco2)o1. The number of hydrogen-bond acceptors (Lipinski definition) is 5. The van der Waals surface area contributed by atoms with Gasteiger partial charge in [0, 0.05) is 11.7 Å². The first-order valence-corrected chi connectivity index (χ1v) is 6.77. The van der Waals surface area contributed by atoms with Crippen molar-refractivity contribution in [2.75, 3.05) is 5.75 Å². The molecule has 7 heteroatoms. The van der Waals surface area contributed by atoms with E-state index in [-0.39, 0.29) is 0 Å². The molecule has 17 heavy (non-hydrogen) atoms. The van der Waals surface area contributed by atoms with Gasteiger partial charge in [0.05, 0.1) is 6.26 Å². The van der Waals surface area contributed by atoms with E-state index < -0.39 is 4.33 Å². The lowest BCUT2D eigenvalue weighted by Crippen LogP contribution is -1.92. The highest BCUT2D eigenvalue weighted by atomic mass is 35.5. The van der Waals surface area contributed by atoms with Crippen molar-refractivity contribution < 1.29 is 8.83 Å². The molecule has 0 saturated heterocycles. The van der Waals surface area contributed by atoms with E-state index >= 15 is 0 Å². The Morgan fingerprint density at radius 2 is 2.29 bits per heavy atom. The molecule has 0 amide bonds. The minimum absolute atomic E-state index is 0.301. The van der Waals surface area contributed by atoms with E-state index in [1.165, 1.54) is 11.8 Å². The van der Waals surface area contributed by atoms with Crippen LogP contribution in [0, 0.1) is 5.92 Å². The van der Waals surface area contributed by atoms with Crippen LogP contribution in [0.25, 0.3) is 11.7 Å². The number of halogens is 2. The lowest BCUT2D eigenvalue weighted by Gasteiger charge is -1.95. The summed E-state index contributed by atoms with van der Waals surface area (Å²) in [4.78, 5) is 0. The maximum absolute atomic E-state index is 5.93. The summed E-state index contributed by atoms with van der Waals surface area (Å²) in [7, 11) is 0. The second kappa shape index (κ2) is 4.23. The standard InChI is InChI=1S/C10H8Cl2N2O2S/c11-10(12)4-6(10)5-17-9-14-13-8(16-9)7-2-1-3-15-7/h1-3,6H,4-5H2/t6-/m1/s1. The monoisotopic (exact) mass is 290 g/mol. The van der Waals surface area contributed by atoms with Crippen LogP contribution in [-0.2, 0) is 0 Å². The fourth-order valence-corrected chi connectivity index (χ4v) is 3.08. The summed E-state index contributed by atoms with van der Waals surface area (Å²) >= 11 is 13.3. The van der Waals surface area contributed by atoms with Gasteiger partial charge < -0.3 is 8.83 Å². The van der Waals surface area contributed by atoms with Crippen LogP contribution in [-0.4, -0.2) is 20.3 Å². The van der Waals surface area contributed by atoms with E-state index in [4.69, 9.17) is 32.0 Å². The molecule has 1 saturated carbocycles. The average Bonchev–Trinajstić information content (AvgIpc) is 2.81. The number of nitrogens with zero attached hydrogens (tertiary/aromatic N) is 2. The van der Waals surface area contributed by atoms with Crippen LogP contribution in [0.2, 0.25) is 0 Å². The van der Waals surface area contributed by atoms with E-state index in [0.717, 1.165) is 12.2 Å². The first-order valence-electron chi connectivity index (χ1n) is 5.03. The number of furan rings is 1. The van der Waals surface area contributed by atoms with Gasteiger partial charge in [0.15, 0.2) is 5.76 Å². The second-order valence-electron chi connectivity index (χ2n) is 3.82. The van der Waals surface area contributed by atoms with E-state index in [0.29, 0.717) is 22.8 Å². The first-order chi connectivity index (χ1) is 8.15. The molecule has 3 rings (SSSR count). The topological polar surface area (TPSA) is 52.1 Å². The van der Waals surface area contributed by atoms with E-state index in [9.17, 15) is 0 Å². The number of thioether (sulfide) groups is 1. The van der Waals surface area contributed by atoms with E-state index in [2.05, 4.69) is 10.2 Å². The van der Waals surface area contributed by atoms with Crippen molar-refractivity contribution in [3.8, 4) is 11.7 Å². The fraction of sp³-hybridized carbons (Fsp3) is 0.400. The van der Waals surface area contributed by atoms with Crippen molar-refractivity contribution in [3.05, 3.63) is 18.4 Å². The van der Waals surface area contributed by atoms with E-state index in [1.54, 1.807) is 18.4 Å². The third-order valence-electron chi connectivity index (χ3n) is 2.50. The zero-order valence-corrected chi connectivity index (χ0v) is 10.9. The van der Waals surface area contributed by atoms with E-state index in [1.807, 2.05) is 0 Å². The van der Waals surface area contributed by atoms with Crippen LogP contribution in [0.15, 0.2) is 32.5 Å². The Hall–Kier alpha value is -0.650. The van der Waals surface area contributed by atoms with Crippen molar-refractivity contribution >= 4 is 35.0 Å². The molecule has 0 radical (unpaired) electrons. The van der Waals surface area contributed by atoms with Crippen LogP contribution >= 0.6 is 35.0 Å². The molecule has 0 N–H and O–H groups in total. The Kier molecular flexibility index (Phi) is 2.84. The van der Waals surface area contributed by atoms with Crippen LogP contribution < -0.4 is 0 Å². The molecule has 1 fully saturated rings. The highest BCUT2D eigenvalue weighted by molar-refractivity contribution is 7.99. The molecule has 90 valence electrons. The molecule has 0 aromatic carbocycles. The third-order valence-corrected chi connectivity index (χ3v) is 4.41. The Morgan fingerprint density at radius 3 is 2.94 bits per heavy atom. The predicted octanol–water partition coefficient (Wildman–Crippen LogP) is 3.62. The van der Waals surface area contributed by atoms with Gasteiger partial charge in [-0.05, 0) is 18.6 Å². The summed E-state index contributed by atoms with van der Waals surface area (Å²) < 4.78 is 10.0. The number of rotatable bonds is 4. The number of alkyl halides is 2. The quantitative estimate of drug-likeness (QED) is 0.636. The first kappa shape index (κ1) is 11.4. The molecule has 1 aliphatic carbocycles. The molecule has 0 aliphatic heterocycles. The van der Waals surface area contributed by atoms with Crippen molar-refractivity contribution in [2.24, 2.45) is 5.92 Å². The highest BCUT2D eigenvalue weighted by Gasteiger charge is 2.51. The van der Waals surface area contributed by atoms with Crippen molar-refractivity contribution in [1.29, 1.82) is 0 Å². The van der Waals surface area contributed by atoms with Crippen LogP contribution in [0.3, 0.4) is 0 Å². The molecule has 0 bridgehead atoms. The second-order valence-corrected chi connectivity index (χ2v) is 6.34. The molecular weight excluding hydrogens is 283 g/mol. The predicted molar refractivity (Wildman–Crippen MR) is 65.3 cm³/mol. The molecule has 4 nitrogen and oxygen atoms in total. The molecule has 0 unspecified atom stereocenters. The lowest BCUT2D eigenvalue weighted by molar-refractivity contribution is 0.447. The van der Waals surface area contributed by atoms with Gasteiger partial charge in [-0.2, -0.15) is 0 Å². The van der Waals surface area contributed by atoms with Gasteiger partial charge in [-0.25, -0.2) is 0 Å². The molecule has 2 aromatic rings. The van der Waals surface area contributed by atoms with Gasteiger partial charge >= 0.3 is 0 Å². The summed E-state index contributed by atoms with van der Waals surface area (Å²) in [6.07, 6.45) is 2.38. The summed E-state index contributed by atoms with van der Waals surface area (Å²) in [6, 6.07) is 3.54. The minimum atomic E-state index is -0.559. The van der Waals surface area contributed by atoms with Gasteiger partial charge in [-0.3, -0.25) is 0 Å². The van der Waals surface area contributed by atoms with Gasteiger partial charge in [0.2, 0.25) is 0 Å². The molecule has 1 aliphatic rings. The van der Waals surface area contributed by atoms with Gasteiger partial charge in [-0.15, -0.1) is 33.4 Å². The summed E-state index contributed by atoms with van der Waals surface area (Å²) in [5.41, 5.74) is 0. The Labute approximate surface area is 112 Å². The maximum Gasteiger partial charge on any atom is 0.284 e. The highest BCUT2D eigenvalue weighted by Crippen LogP contribution is 2.54. The fourth-order valence-electron chi connectivity index (χ4n) is 1.39. The van der Waals surface area contributed by atoms with Gasteiger partial charge in [-0.1, -0.05) is 11.8 Å². The molecular formula is C10H8Cl2N2O2S. The minimum Gasteiger partial charge on any atom is -0.459 e. The molecule has 1 atom stereocenters. The Morgan fingerprint density at radius 1 is 1.47 bits per heavy atom. The van der Waals surface area contributed by atoms with Gasteiger partial charge in [0.25, 0.3) is 11.1 Å². The van der Waals surface area contributed by atoms with Crippen LogP contribution in [0.1, 0.15) is 6.42 Å². The molecule has 2 aromatic heterocycles. The average molecular weight is 291 g/mol. The van der Waals surface area contributed by atoms with Crippen LogP contribution in [0.5, 0.6) is 0 Å². The number of hydrogen-bond donors (Lipinski definition) is 0. The maximum atomic E-state index is 5.93. The largest absolute Gasteiger partial charge is 0.459 e. The third kappa shape index (κ3) is 2.46. The van der Waals surface area contributed by atoms with Crippen molar-refractivity contribution in [1.82, 2.24) is 10.2 Å². The molecule has 0 spiro atoms. The van der Waals surface area contributed by atoms with Crippen molar-refractivity contribution in [2.45, 2.75) is 16.0 Å². The molecule has 2 heterocycles. The zero-order chi connectivity index (χ0) is 11.9. The normalized spacial score (nSPS) is 21.6. The summed E-state index contributed by atoms with van der Waals surface area (Å²) in [6.45, 7) is 0. The summed E-state index contributed by atoms with van der Waals surface area (Å²) in [5.74, 6) is 2.04. The summed E-state index contributed by atoms with van der Waals surface area (Å²) in [5, 5.41) is 8.32. The van der Waals surface area contributed by atoms with Crippen molar-refractivity contribution in [3.63, 3.8) is 0 Å². The van der Waals surface area contributed by atoms with Crippen LogP contribution in [0.4, 0.5) is 0 Å². The lowest BCUT2D eigenvalue weighted by atomic mass is 10.5. The Bertz CT molecular complexity index is 512. The zero-order valence-electron chi connectivity index (χ0n) is 8.60. The Balaban J connectivity index is 1.62. The number of aromatic nitrogens is 2. The van der Waals surface area contributed by atoms with Gasteiger partial charge in [0.1, 0.15) is 4.33 Å². The smallest absolute Gasteiger partial charge is 0.284 e.